The molecule has 0 bridgehead atoms. The van der Waals surface area contributed by atoms with Gasteiger partial charge in [-0.1, -0.05) is 48.5 Å². The van der Waals surface area contributed by atoms with Crippen LogP contribution in [0.1, 0.15) is 25.5 Å². The lowest BCUT2D eigenvalue weighted by molar-refractivity contribution is -0.206. The molecule has 6 heteroatoms. The summed E-state index contributed by atoms with van der Waals surface area (Å²) in [7, 11) is 0. The van der Waals surface area contributed by atoms with Crippen LogP contribution in [0.3, 0.4) is 0 Å². The van der Waals surface area contributed by atoms with Crippen LogP contribution < -0.4 is 5.32 Å². The maximum absolute atomic E-state index is 12.7. The van der Waals surface area contributed by atoms with Crippen molar-refractivity contribution in [2.24, 2.45) is 0 Å². The minimum absolute atomic E-state index is 0.168. The van der Waals surface area contributed by atoms with Gasteiger partial charge in [-0.15, -0.1) is 0 Å². The number of nitrogens with zero attached hydrogens (tertiary/aromatic N) is 1. The summed E-state index contributed by atoms with van der Waals surface area (Å²) in [5, 5.41) is 3.48. The molecule has 0 saturated carbocycles. The molecular weight excluding hydrogens is 348 g/mol. The van der Waals surface area contributed by atoms with Gasteiger partial charge in [0, 0.05) is 12.3 Å². The van der Waals surface area contributed by atoms with Gasteiger partial charge < -0.3 is 14.8 Å². The summed E-state index contributed by atoms with van der Waals surface area (Å²) in [5.74, 6) is -0.168. The third-order valence-electron chi connectivity index (χ3n) is 4.17. The van der Waals surface area contributed by atoms with E-state index in [-0.39, 0.29) is 11.9 Å². The molecule has 1 amide bonds. The molecule has 3 atom stereocenters. The number of thiocarbonyl (C=S) groups is 1. The lowest BCUT2D eigenvalue weighted by Gasteiger charge is -2.47. The van der Waals surface area contributed by atoms with Crippen LogP contribution in [0.25, 0.3) is 0 Å². The first-order valence-corrected chi connectivity index (χ1v) is 9.03. The molecule has 2 aromatic carbocycles. The Kier molecular flexibility index (Phi) is 5.98. The summed E-state index contributed by atoms with van der Waals surface area (Å²) in [6.45, 7) is 4.21. The van der Waals surface area contributed by atoms with Crippen molar-refractivity contribution < 1.29 is 14.3 Å². The zero-order valence-corrected chi connectivity index (χ0v) is 15.6. The molecule has 3 rings (SSSR count). The van der Waals surface area contributed by atoms with Gasteiger partial charge in [0.25, 0.3) is 5.91 Å². The van der Waals surface area contributed by atoms with E-state index in [1.807, 2.05) is 67.6 Å². The van der Waals surface area contributed by atoms with Crippen LogP contribution in [0.5, 0.6) is 0 Å². The normalized spacial score (nSPS) is 20.4. The minimum atomic E-state index is -0.616. The Morgan fingerprint density at radius 1 is 1.15 bits per heavy atom. The number of ether oxygens (including phenoxy) is 2. The maximum atomic E-state index is 12.7. The average Bonchev–Trinajstić information content (AvgIpc) is 2.65. The molecule has 1 aliphatic rings. The summed E-state index contributed by atoms with van der Waals surface area (Å²) >= 11 is 5.49. The fraction of sp³-hybridized carbons (Fsp3) is 0.300. The van der Waals surface area contributed by atoms with Crippen molar-refractivity contribution in [2.75, 3.05) is 11.9 Å². The van der Waals surface area contributed by atoms with E-state index < -0.39 is 12.4 Å². The Labute approximate surface area is 158 Å². The van der Waals surface area contributed by atoms with Crippen molar-refractivity contribution in [3.63, 3.8) is 0 Å². The molecule has 1 saturated heterocycles. The van der Waals surface area contributed by atoms with Gasteiger partial charge in [0.05, 0.1) is 6.04 Å². The third-order valence-corrected chi connectivity index (χ3v) is 4.47. The van der Waals surface area contributed by atoms with E-state index in [9.17, 15) is 4.79 Å². The molecule has 0 aliphatic carbocycles. The molecule has 0 radical (unpaired) electrons. The summed E-state index contributed by atoms with van der Waals surface area (Å²) in [6.07, 6.45) is -1.08. The number of likely N-dealkylation sites (tertiary alicyclic amines) is 1. The molecule has 1 fully saturated rings. The largest absolute Gasteiger partial charge is 0.353 e. The third kappa shape index (κ3) is 3.93. The van der Waals surface area contributed by atoms with E-state index in [0.717, 1.165) is 11.3 Å². The number of amides is 1. The Balaban J connectivity index is 1.79. The van der Waals surface area contributed by atoms with Crippen molar-refractivity contribution in [1.29, 1.82) is 0 Å². The van der Waals surface area contributed by atoms with Gasteiger partial charge in [-0.05, 0) is 43.8 Å². The Hall–Kier alpha value is -2.28. The molecule has 136 valence electrons. The highest BCUT2D eigenvalue weighted by molar-refractivity contribution is 7.80. The van der Waals surface area contributed by atoms with Gasteiger partial charge in [-0.25, -0.2) is 0 Å². The van der Waals surface area contributed by atoms with Crippen molar-refractivity contribution in [1.82, 2.24) is 4.90 Å². The van der Waals surface area contributed by atoms with Crippen LogP contribution in [-0.2, 0) is 14.3 Å². The Morgan fingerprint density at radius 3 is 2.38 bits per heavy atom. The first-order valence-electron chi connectivity index (χ1n) is 8.63. The van der Waals surface area contributed by atoms with Gasteiger partial charge in [0.2, 0.25) is 0 Å². The summed E-state index contributed by atoms with van der Waals surface area (Å²) in [4.78, 5) is 14.3. The highest BCUT2D eigenvalue weighted by atomic mass is 32.1. The Morgan fingerprint density at radius 2 is 1.77 bits per heavy atom. The van der Waals surface area contributed by atoms with Gasteiger partial charge >= 0.3 is 0 Å². The lowest BCUT2D eigenvalue weighted by Crippen LogP contribution is -2.63. The van der Waals surface area contributed by atoms with Crippen LogP contribution in [0.15, 0.2) is 60.7 Å². The molecule has 5 nitrogen and oxygen atoms in total. The Bertz CT molecular complexity index is 754. The number of benzene rings is 2. The lowest BCUT2D eigenvalue weighted by atomic mass is 9.91. The predicted octanol–water partition coefficient (Wildman–Crippen LogP) is 3.73. The first-order chi connectivity index (χ1) is 12.6. The van der Waals surface area contributed by atoms with Crippen molar-refractivity contribution >= 4 is 28.9 Å². The fourth-order valence-corrected chi connectivity index (χ4v) is 3.30. The maximum Gasteiger partial charge on any atom is 0.261 e. The zero-order valence-electron chi connectivity index (χ0n) is 14.8. The van der Waals surface area contributed by atoms with Crippen LogP contribution >= 0.6 is 12.2 Å². The van der Waals surface area contributed by atoms with Gasteiger partial charge in [0.1, 0.15) is 0 Å². The quantitative estimate of drug-likeness (QED) is 0.477. The minimum Gasteiger partial charge on any atom is -0.353 e. The number of carbonyl (C=O) groups excluding carboxylic acids is 1. The highest BCUT2D eigenvalue weighted by Gasteiger charge is 2.51. The number of para-hydroxylation sites is 1. The molecule has 2 aromatic rings. The topological polar surface area (TPSA) is 50.8 Å². The second-order valence-corrected chi connectivity index (χ2v) is 6.33. The van der Waals surface area contributed by atoms with E-state index in [2.05, 4.69) is 5.32 Å². The number of hydrogen-bond acceptors (Lipinski definition) is 4. The van der Waals surface area contributed by atoms with Crippen molar-refractivity contribution in [3.05, 3.63) is 66.2 Å². The van der Waals surface area contributed by atoms with Crippen LogP contribution in [0.4, 0.5) is 5.69 Å². The molecule has 26 heavy (non-hydrogen) atoms. The SMILES string of the molecule is CCOC(C)OC1C(=O)N(C(=S)Nc2ccccc2)C1c1ccccc1. The molecule has 1 N–H and O–H groups in total. The number of rotatable bonds is 6. The van der Waals surface area contributed by atoms with Gasteiger partial charge in [-0.3, -0.25) is 9.69 Å². The molecule has 3 unspecified atom stereocenters. The van der Waals surface area contributed by atoms with Crippen molar-refractivity contribution in [3.8, 4) is 0 Å². The van der Waals surface area contributed by atoms with E-state index in [4.69, 9.17) is 21.7 Å². The van der Waals surface area contributed by atoms with Crippen molar-refractivity contribution in [2.45, 2.75) is 32.3 Å². The second kappa shape index (κ2) is 8.40. The standard InChI is InChI=1S/C20H22N2O3S/c1-3-24-14(2)25-18-17(15-10-6-4-7-11-15)22(19(18)23)20(26)21-16-12-8-5-9-13-16/h4-14,17-18H,3H2,1-2H3,(H,21,26). The summed E-state index contributed by atoms with van der Waals surface area (Å²) < 4.78 is 11.3. The molecule has 0 aromatic heterocycles. The number of β-lactam (4-membered cyclic amide) rings is 1. The summed E-state index contributed by atoms with van der Waals surface area (Å²) in [6, 6.07) is 19.0. The number of hydrogen-bond donors (Lipinski definition) is 1. The van der Waals surface area contributed by atoms with E-state index in [1.165, 1.54) is 0 Å². The van der Waals surface area contributed by atoms with Crippen LogP contribution in [-0.4, -0.2) is 34.9 Å². The smallest absolute Gasteiger partial charge is 0.261 e. The van der Waals surface area contributed by atoms with E-state index >= 15 is 0 Å². The highest BCUT2D eigenvalue weighted by Crippen LogP contribution is 2.38. The average molecular weight is 370 g/mol. The first kappa shape index (κ1) is 18.5. The van der Waals surface area contributed by atoms with E-state index in [1.54, 1.807) is 11.8 Å². The van der Waals surface area contributed by atoms with Gasteiger partial charge in [-0.2, -0.15) is 0 Å². The predicted molar refractivity (Wildman–Crippen MR) is 105 cm³/mol. The molecule has 0 spiro atoms. The number of nitrogens with one attached hydrogen (secondary N) is 1. The number of anilines is 1. The number of carbonyl (C=O) groups is 1. The molecule has 1 aliphatic heterocycles. The molecule has 1 heterocycles. The van der Waals surface area contributed by atoms with Crippen LogP contribution in [0.2, 0.25) is 0 Å². The summed E-state index contributed by atoms with van der Waals surface area (Å²) in [5.41, 5.74) is 1.81. The fourth-order valence-electron chi connectivity index (χ4n) is 2.98. The second-order valence-electron chi connectivity index (χ2n) is 5.94. The van der Waals surface area contributed by atoms with Gasteiger partial charge in [0.15, 0.2) is 17.5 Å². The van der Waals surface area contributed by atoms with Crippen LogP contribution in [0, 0.1) is 0 Å². The monoisotopic (exact) mass is 370 g/mol. The zero-order chi connectivity index (χ0) is 18.5. The van der Waals surface area contributed by atoms with E-state index in [0.29, 0.717) is 11.7 Å². The molecular formula is C20H22N2O3S.